The third-order valence-electron chi connectivity index (χ3n) is 4.47. The van der Waals surface area contributed by atoms with Crippen LogP contribution in [-0.4, -0.2) is 41.8 Å². The second-order valence-corrected chi connectivity index (χ2v) is 6.37. The maximum absolute atomic E-state index is 11.2. The van der Waals surface area contributed by atoms with Gasteiger partial charge in [0.1, 0.15) is 5.82 Å². The lowest BCUT2D eigenvalue weighted by molar-refractivity contribution is -0.140. The molecule has 0 bridgehead atoms. The lowest BCUT2D eigenvalue weighted by Crippen LogP contribution is -2.16. The van der Waals surface area contributed by atoms with Crippen molar-refractivity contribution in [2.75, 3.05) is 20.2 Å². The number of hydrogen-bond donors (Lipinski definition) is 1. The van der Waals surface area contributed by atoms with Gasteiger partial charge in [-0.25, -0.2) is 4.98 Å². The first-order chi connectivity index (χ1) is 12.2. The molecule has 1 saturated heterocycles. The summed E-state index contributed by atoms with van der Waals surface area (Å²) in [6.45, 7) is 2.49. The number of esters is 1. The first-order valence-corrected chi connectivity index (χ1v) is 8.66. The minimum atomic E-state index is -0.185. The minimum absolute atomic E-state index is 0. The predicted molar refractivity (Wildman–Crippen MR) is 110 cm³/mol. The van der Waals surface area contributed by atoms with E-state index in [2.05, 4.69) is 10.1 Å². The molecule has 1 aliphatic rings. The Kier molecular flexibility index (Phi) is 9.80. The average Bonchev–Trinajstić information content (AvgIpc) is 3.28. The number of hydrogen-bond acceptors (Lipinski definition) is 5. The second kappa shape index (κ2) is 11.3. The molecule has 1 N–H and O–H groups in total. The van der Waals surface area contributed by atoms with E-state index in [4.69, 9.17) is 9.72 Å². The summed E-state index contributed by atoms with van der Waals surface area (Å²) in [5.41, 5.74) is 3.11. The highest BCUT2D eigenvalue weighted by atomic mass is 35.5. The van der Waals surface area contributed by atoms with Crippen molar-refractivity contribution in [3.8, 4) is 11.4 Å². The fourth-order valence-corrected chi connectivity index (χ4v) is 3.01. The Labute approximate surface area is 172 Å². The van der Waals surface area contributed by atoms with Crippen LogP contribution in [0.1, 0.15) is 24.1 Å². The van der Waals surface area contributed by atoms with Crippen LogP contribution in [0.2, 0.25) is 0 Å². The van der Waals surface area contributed by atoms with Crippen molar-refractivity contribution in [2.24, 2.45) is 7.05 Å². The number of aryl methyl sites for hydroxylation is 2. The largest absolute Gasteiger partial charge is 0.469 e. The Morgan fingerprint density at radius 1 is 1.30 bits per heavy atom. The SMILES string of the molecule is COC(=O)CCc1ccc(-c2nc(COC3CCNC3)cn2C)cc1.Cl.Cl. The third-order valence-corrected chi connectivity index (χ3v) is 4.47. The molecule has 27 heavy (non-hydrogen) atoms. The predicted octanol–water partition coefficient (Wildman–Crippen LogP) is 2.91. The van der Waals surface area contributed by atoms with Gasteiger partial charge in [0.15, 0.2) is 0 Å². The van der Waals surface area contributed by atoms with Crippen molar-refractivity contribution in [1.82, 2.24) is 14.9 Å². The molecule has 0 spiro atoms. The summed E-state index contributed by atoms with van der Waals surface area (Å²) in [4.78, 5) is 15.9. The van der Waals surface area contributed by atoms with Crippen LogP contribution >= 0.6 is 24.8 Å². The number of halogens is 2. The van der Waals surface area contributed by atoms with Gasteiger partial charge in [-0.3, -0.25) is 4.79 Å². The van der Waals surface area contributed by atoms with Crippen molar-refractivity contribution in [1.29, 1.82) is 0 Å². The summed E-state index contributed by atoms with van der Waals surface area (Å²) in [6.07, 6.45) is 4.45. The Balaban J connectivity index is 0.00000182. The van der Waals surface area contributed by atoms with Gasteiger partial charge in [0.25, 0.3) is 0 Å². The van der Waals surface area contributed by atoms with E-state index in [1.807, 2.05) is 42.1 Å². The van der Waals surface area contributed by atoms with E-state index in [-0.39, 0.29) is 30.8 Å². The number of ether oxygens (including phenoxy) is 2. The van der Waals surface area contributed by atoms with Gasteiger partial charge in [-0.15, -0.1) is 24.8 Å². The number of carbonyl (C=O) groups is 1. The molecule has 2 aromatic rings. The van der Waals surface area contributed by atoms with E-state index in [1.54, 1.807) is 0 Å². The van der Waals surface area contributed by atoms with E-state index < -0.39 is 0 Å². The molecule has 1 aromatic heterocycles. The lowest BCUT2D eigenvalue weighted by atomic mass is 10.1. The highest BCUT2D eigenvalue weighted by Gasteiger charge is 2.16. The average molecular weight is 416 g/mol. The van der Waals surface area contributed by atoms with Crippen LogP contribution in [0.15, 0.2) is 30.5 Å². The number of rotatable bonds is 7. The van der Waals surface area contributed by atoms with E-state index in [9.17, 15) is 4.79 Å². The molecular weight excluding hydrogens is 389 g/mol. The van der Waals surface area contributed by atoms with E-state index in [1.165, 1.54) is 7.11 Å². The summed E-state index contributed by atoms with van der Waals surface area (Å²) in [6, 6.07) is 8.15. The zero-order valence-corrected chi connectivity index (χ0v) is 17.3. The van der Waals surface area contributed by atoms with Crippen LogP contribution in [0.4, 0.5) is 0 Å². The summed E-state index contributed by atoms with van der Waals surface area (Å²) in [7, 11) is 3.41. The number of imidazole rings is 1. The fourth-order valence-electron chi connectivity index (χ4n) is 3.01. The zero-order valence-electron chi connectivity index (χ0n) is 15.6. The van der Waals surface area contributed by atoms with Gasteiger partial charge in [-0.05, 0) is 24.9 Å². The molecule has 0 amide bonds. The van der Waals surface area contributed by atoms with E-state index >= 15 is 0 Å². The van der Waals surface area contributed by atoms with Crippen molar-refractivity contribution in [3.63, 3.8) is 0 Å². The molecular formula is C19H27Cl2N3O3. The van der Waals surface area contributed by atoms with Gasteiger partial charge >= 0.3 is 5.97 Å². The van der Waals surface area contributed by atoms with E-state index in [0.717, 1.165) is 42.2 Å². The summed E-state index contributed by atoms with van der Waals surface area (Å²) in [5, 5.41) is 3.30. The van der Waals surface area contributed by atoms with Crippen molar-refractivity contribution in [3.05, 3.63) is 41.7 Å². The van der Waals surface area contributed by atoms with Crippen LogP contribution in [0, 0.1) is 0 Å². The first kappa shape index (κ1) is 23.4. The molecule has 2 heterocycles. The minimum Gasteiger partial charge on any atom is -0.469 e. The summed E-state index contributed by atoms with van der Waals surface area (Å²) in [5.74, 6) is 0.734. The van der Waals surface area contributed by atoms with Gasteiger partial charge in [0, 0.05) is 31.8 Å². The van der Waals surface area contributed by atoms with Crippen LogP contribution < -0.4 is 5.32 Å². The summed E-state index contributed by atoms with van der Waals surface area (Å²) < 4.78 is 12.6. The second-order valence-electron chi connectivity index (χ2n) is 6.37. The van der Waals surface area contributed by atoms with Crippen LogP contribution in [0.3, 0.4) is 0 Å². The Morgan fingerprint density at radius 2 is 2.04 bits per heavy atom. The molecule has 0 radical (unpaired) electrons. The number of carbonyl (C=O) groups excluding carboxylic acids is 1. The molecule has 6 nitrogen and oxygen atoms in total. The molecule has 0 saturated carbocycles. The van der Waals surface area contributed by atoms with Crippen LogP contribution in [0.25, 0.3) is 11.4 Å². The summed E-state index contributed by atoms with van der Waals surface area (Å²) >= 11 is 0. The number of nitrogens with zero attached hydrogens (tertiary/aromatic N) is 2. The monoisotopic (exact) mass is 415 g/mol. The smallest absolute Gasteiger partial charge is 0.305 e. The maximum Gasteiger partial charge on any atom is 0.305 e. The molecule has 1 aliphatic heterocycles. The molecule has 150 valence electrons. The lowest BCUT2D eigenvalue weighted by Gasteiger charge is -2.08. The van der Waals surface area contributed by atoms with Gasteiger partial charge in [-0.2, -0.15) is 0 Å². The number of methoxy groups -OCH3 is 1. The number of benzene rings is 1. The quantitative estimate of drug-likeness (QED) is 0.704. The third kappa shape index (κ3) is 6.50. The maximum atomic E-state index is 11.2. The van der Waals surface area contributed by atoms with Gasteiger partial charge in [-0.1, -0.05) is 24.3 Å². The van der Waals surface area contributed by atoms with Crippen molar-refractivity contribution in [2.45, 2.75) is 32.0 Å². The molecule has 8 heteroatoms. The van der Waals surface area contributed by atoms with Crippen LogP contribution in [0.5, 0.6) is 0 Å². The van der Waals surface area contributed by atoms with Crippen molar-refractivity contribution < 1.29 is 14.3 Å². The normalized spacial score (nSPS) is 15.7. The highest BCUT2D eigenvalue weighted by Crippen LogP contribution is 2.20. The van der Waals surface area contributed by atoms with Gasteiger partial charge < -0.3 is 19.4 Å². The molecule has 0 aliphatic carbocycles. The van der Waals surface area contributed by atoms with Crippen LogP contribution in [-0.2, 0) is 34.3 Å². The molecule has 1 unspecified atom stereocenters. The topological polar surface area (TPSA) is 65.4 Å². The molecule has 1 fully saturated rings. The zero-order chi connectivity index (χ0) is 17.6. The molecule has 3 rings (SSSR count). The standard InChI is InChI=1S/C19H25N3O3.2ClH/c1-22-12-16(13-25-17-9-10-20-11-17)21-19(22)15-6-3-14(4-7-15)5-8-18(23)24-2;;/h3-4,6-7,12,17,20H,5,8-11,13H2,1-2H3;2*1H. The van der Waals surface area contributed by atoms with Gasteiger partial charge in [0.2, 0.25) is 0 Å². The fraction of sp³-hybridized carbons (Fsp3) is 0.474. The Morgan fingerprint density at radius 3 is 2.67 bits per heavy atom. The van der Waals surface area contributed by atoms with Gasteiger partial charge in [0.05, 0.1) is 25.5 Å². The molecule has 1 aromatic carbocycles. The van der Waals surface area contributed by atoms with E-state index in [0.29, 0.717) is 25.6 Å². The number of nitrogens with one attached hydrogen (secondary N) is 1. The first-order valence-electron chi connectivity index (χ1n) is 8.66. The Hall–Kier alpha value is -1.60. The Bertz CT molecular complexity index is 713. The highest BCUT2D eigenvalue weighted by molar-refractivity contribution is 5.85. The molecule has 1 atom stereocenters. The number of aromatic nitrogens is 2. The van der Waals surface area contributed by atoms with Crippen molar-refractivity contribution >= 4 is 30.8 Å².